The molecule has 5 heterocycles. The number of thiazole rings is 1. The molecule has 7 unspecified atom stereocenters. The maximum absolute atomic E-state index is 13.2. The molecule has 5 rings (SSSR count). The van der Waals surface area contributed by atoms with Crippen molar-refractivity contribution in [3.63, 3.8) is 0 Å². The second-order valence-corrected chi connectivity index (χ2v) is 24.6. The molecular formula is C34H51N12O23P3S3. The highest BCUT2D eigenvalue weighted by Gasteiger charge is 2.53. The molecule has 0 bridgehead atoms. The van der Waals surface area contributed by atoms with E-state index in [4.69, 9.17) is 30.1 Å². The summed E-state index contributed by atoms with van der Waals surface area (Å²) in [5.74, 6) is -3.95. The number of thioether (sulfide) groups is 1. The zero-order valence-electron chi connectivity index (χ0n) is 39.5. The van der Waals surface area contributed by atoms with E-state index in [0.717, 1.165) is 28.6 Å². The molecule has 2 saturated heterocycles. The molecule has 75 heavy (non-hydrogen) atoms. The second-order valence-electron chi connectivity index (χ2n) is 17.1. The molecule has 2 aliphatic heterocycles. The van der Waals surface area contributed by atoms with Crippen LogP contribution in [0.4, 0.5) is 10.9 Å². The highest BCUT2D eigenvalue weighted by molar-refractivity contribution is 8.13. The zero-order chi connectivity index (χ0) is 56.2. The lowest BCUT2D eigenvalue weighted by Crippen LogP contribution is -2.71. The first kappa shape index (κ1) is 61.2. The van der Waals surface area contributed by atoms with Crippen molar-refractivity contribution >= 4 is 113 Å². The lowest BCUT2D eigenvalue weighted by Gasteiger charge is -2.42. The number of aromatic nitrogens is 5. The Balaban J connectivity index is 1.03. The number of oxime groups is 1. The molecule has 3 aromatic rings. The van der Waals surface area contributed by atoms with E-state index in [1.807, 2.05) is 0 Å². The van der Waals surface area contributed by atoms with Gasteiger partial charge in [-0.25, -0.2) is 37.9 Å². The number of nitrogens with one attached hydrogen (secondary N) is 3. The number of imidazole rings is 1. The van der Waals surface area contributed by atoms with Gasteiger partial charge in [0.25, 0.3) is 11.8 Å². The van der Waals surface area contributed by atoms with E-state index >= 15 is 0 Å². The van der Waals surface area contributed by atoms with Crippen molar-refractivity contribution in [3.05, 3.63) is 23.7 Å². The van der Waals surface area contributed by atoms with Crippen LogP contribution in [0.3, 0.4) is 0 Å². The fourth-order valence-corrected chi connectivity index (χ4v) is 11.6. The first-order valence-electron chi connectivity index (χ1n) is 21.2. The number of anilines is 2. The molecule has 0 aromatic carbocycles. The summed E-state index contributed by atoms with van der Waals surface area (Å²) in [6, 6.07) is -2.53. The summed E-state index contributed by atoms with van der Waals surface area (Å²) in [5, 5.41) is 33.2. The highest BCUT2D eigenvalue weighted by atomic mass is 32.2. The van der Waals surface area contributed by atoms with Gasteiger partial charge in [0, 0.05) is 36.1 Å². The fourth-order valence-electron chi connectivity index (χ4n) is 6.56. The Labute approximate surface area is 431 Å². The van der Waals surface area contributed by atoms with Gasteiger partial charge in [-0.1, -0.05) is 30.8 Å². The Morgan fingerprint density at radius 3 is 2.31 bits per heavy atom. The quantitative estimate of drug-likeness (QED) is 0.00981. The van der Waals surface area contributed by atoms with E-state index < -0.39 is 135 Å². The third-order valence-electron chi connectivity index (χ3n) is 10.4. The number of nitrogens with two attached hydrogens (primary N) is 2. The first-order valence-corrected chi connectivity index (χ1v) is 29.0. The van der Waals surface area contributed by atoms with Crippen molar-refractivity contribution < 1.29 is 108 Å². The third kappa shape index (κ3) is 16.0. The standard InChI is InChI=1S/C34H51N12O23P3S3/c1-15-19(29(52)46(15)75(61,62)63)43-27(50)20(16-11-74-32(36)42-16)44-68-34(4,5)31(53)73-9-8-37-18(47)6-7-38-28(51)24(49)33(2,3)12-65-72(59,60)69-71(57,58)64-10-17-23(67-70(54,55)56)22(48)30(66-17)45-14-41-21-25(35)39-13-40-26(21)45/h11,13-15,17,19,22-24,30,48-49H,6-10,12H2,1-5H3,(H2,36,42)(H,37,47)(H,38,51)(H,43,50)(H,57,58)(H,59,60)(H2,35,39,40)(H2,54,55,56)(H,61,62,63)/b44-20+/t15-,17?,19-,22?,23?,24?,30?/m0/s1. The molecule has 14 N–H and O–H groups in total. The van der Waals surface area contributed by atoms with Crippen molar-refractivity contribution in [2.45, 2.75) is 89.4 Å². The van der Waals surface area contributed by atoms with Crippen molar-refractivity contribution in [2.75, 3.05) is 43.5 Å². The summed E-state index contributed by atoms with van der Waals surface area (Å²) in [5.41, 5.74) is 7.45. The van der Waals surface area contributed by atoms with Gasteiger partial charge in [-0.3, -0.25) is 46.7 Å². The van der Waals surface area contributed by atoms with Crippen LogP contribution in [0.1, 0.15) is 53.0 Å². The third-order valence-corrected chi connectivity index (χ3v) is 16.4. The summed E-state index contributed by atoms with van der Waals surface area (Å²) in [4.78, 5) is 124. The molecule has 0 spiro atoms. The molecule has 35 nitrogen and oxygen atoms in total. The molecule has 0 saturated carbocycles. The Hall–Kier alpha value is -4.69. The Morgan fingerprint density at radius 1 is 1.03 bits per heavy atom. The maximum atomic E-state index is 13.2. The van der Waals surface area contributed by atoms with Crippen molar-refractivity contribution in [1.82, 2.24) is 44.8 Å². The predicted molar refractivity (Wildman–Crippen MR) is 255 cm³/mol. The number of rotatable bonds is 26. The van der Waals surface area contributed by atoms with Crippen LogP contribution >= 0.6 is 46.6 Å². The van der Waals surface area contributed by atoms with Crippen LogP contribution in [0.15, 0.2) is 23.2 Å². The zero-order valence-corrected chi connectivity index (χ0v) is 44.7. The number of phosphoric ester groups is 3. The average molecular weight is 1180 g/mol. The van der Waals surface area contributed by atoms with Crippen LogP contribution in [-0.4, -0.2) is 180 Å². The van der Waals surface area contributed by atoms with E-state index in [1.165, 1.54) is 40.0 Å². The number of carbonyl (C=O) groups is 5. The molecular weight excluding hydrogens is 1130 g/mol. The summed E-state index contributed by atoms with van der Waals surface area (Å²) in [6.07, 6.45) is -7.42. The van der Waals surface area contributed by atoms with Crippen LogP contribution in [0.25, 0.3) is 11.2 Å². The van der Waals surface area contributed by atoms with Crippen LogP contribution in [0.5, 0.6) is 0 Å². The fraction of sp³-hybridized carbons (Fsp3) is 0.588. The largest absolute Gasteiger partial charge is 0.481 e. The van der Waals surface area contributed by atoms with Crippen molar-refractivity contribution in [1.29, 1.82) is 0 Å². The normalized spacial score (nSPS) is 22.7. The van der Waals surface area contributed by atoms with Gasteiger partial charge in [-0.05, 0) is 20.8 Å². The van der Waals surface area contributed by atoms with Crippen LogP contribution in [0, 0.1) is 5.41 Å². The number of aliphatic hydroxyl groups is 2. The summed E-state index contributed by atoms with van der Waals surface area (Å²) in [7, 11) is -21.5. The Bertz CT molecular complexity index is 2940. The number of amides is 4. The molecule has 2 aliphatic rings. The number of hydrogen-bond donors (Lipinski definition) is 12. The molecule has 3 aromatic heterocycles. The van der Waals surface area contributed by atoms with Gasteiger partial charge in [0.2, 0.25) is 16.9 Å². The topological polar surface area (TPSA) is 528 Å². The number of fused-ring (bicyclic) bond motifs is 1. The molecule has 0 radical (unpaired) electrons. The summed E-state index contributed by atoms with van der Waals surface area (Å²) >= 11 is 1.63. The monoisotopic (exact) mass is 1180 g/mol. The minimum absolute atomic E-state index is 0.000934. The number of nitrogens with zero attached hydrogens (tertiary/aromatic N) is 7. The number of nitrogen functional groups attached to an aromatic ring is 2. The number of phosphoric acid groups is 3. The van der Waals surface area contributed by atoms with Gasteiger partial charge in [0.05, 0.1) is 25.6 Å². The number of ether oxygens (including phenoxy) is 1. The minimum Gasteiger partial charge on any atom is -0.386 e. The maximum Gasteiger partial charge on any atom is 0.481 e. The number of carbonyl (C=O) groups excluding carboxylic acids is 5. The molecule has 4 amide bonds. The van der Waals surface area contributed by atoms with E-state index in [2.05, 4.69) is 49.9 Å². The number of aliphatic hydroxyl groups excluding tert-OH is 2. The van der Waals surface area contributed by atoms with Gasteiger partial charge in [0.15, 0.2) is 34.1 Å². The Morgan fingerprint density at radius 2 is 1.69 bits per heavy atom. The summed E-state index contributed by atoms with van der Waals surface area (Å²) < 4.78 is 94.7. The molecule has 41 heteroatoms. The minimum atomic E-state index is -5.65. The lowest BCUT2D eigenvalue weighted by atomic mass is 9.87. The van der Waals surface area contributed by atoms with Crippen LogP contribution in [0.2, 0.25) is 0 Å². The predicted octanol–water partition coefficient (Wildman–Crippen LogP) is -2.58. The van der Waals surface area contributed by atoms with Gasteiger partial charge in [0.1, 0.15) is 48.0 Å². The van der Waals surface area contributed by atoms with Gasteiger partial charge < -0.3 is 66.8 Å². The molecule has 9 atom stereocenters. The van der Waals surface area contributed by atoms with Gasteiger partial charge >= 0.3 is 33.8 Å². The van der Waals surface area contributed by atoms with E-state index in [9.17, 15) is 80.4 Å². The Kier molecular flexibility index (Phi) is 19.5. The van der Waals surface area contributed by atoms with Crippen molar-refractivity contribution in [2.24, 2.45) is 10.6 Å². The summed E-state index contributed by atoms with van der Waals surface area (Å²) in [6.45, 7) is 3.69. The second kappa shape index (κ2) is 23.9. The van der Waals surface area contributed by atoms with Crippen molar-refractivity contribution in [3.8, 4) is 0 Å². The average Bonchev–Trinajstić information content (AvgIpc) is 4.01. The van der Waals surface area contributed by atoms with Gasteiger partial charge in [-0.2, -0.15) is 12.7 Å². The number of β-lactam (4-membered cyclic amide) rings is 1. The molecule has 2 fully saturated rings. The van der Waals surface area contributed by atoms with E-state index in [0.29, 0.717) is 11.8 Å². The van der Waals surface area contributed by atoms with Gasteiger partial charge in [-0.15, -0.1) is 11.3 Å². The molecule has 0 aliphatic carbocycles. The lowest BCUT2D eigenvalue weighted by molar-refractivity contribution is -0.144. The molecule has 418 valence electrons. The van der Waals surface area contributed by atoms with E-state index in [1.54, 1.807) is 0 Å². The highest BCUT2D eigenvalue weighted by Crippen LogP contribution is 2.61. The van der Waals surface area contributed by atoms with Crippen LogP contribution in [-0.2, 0) is 75.4 Å². The van der Waals surface area contributed by atoms with E-state index in [-0.39, 0.29) is 57.4 Å². The smallest absolute Gasteiger partial charge is 0.386 e. The first-order chi connectivity index (χ1) is 34.5. The van der Waals surface area contributed by atoms with Crippen LogP contribution < -0.4 is 27.4 Å². The number of hydrogen-bond acceptors (Lipinski definition) is 27. The SMILES string of the molecule is C[C@H]1[C@H](NC(=O)/C(=N/OC(C)(C)C(=O)SCCNC(=O)CCNC(=O)C(O)C(C)(C)COP(=O)(O)OP(=O)(O)OCC2OC(n3cnc4c(N)ncnc43)C(O)C2OP(=O)(O)O)c2csc(N)n2)C(=O)N1S(=O)(=O)O.